The minimum atomic E-state index is -3.67. The van der Waals surface area contributed by atoms with Crippen LogP contribution in [0.25, 0.3) is 0 Å². The highest BCUT2D eigenvalue weighted by Gasteiger charge is 2.29. The van der Waals surface area contributed by atoms with E-state index in [0.717, 1.165) is 68.3 Å². The number of ether oxygens (including phenoxy) is 4. The monoisotopic (exact) mass is 564 g/mol. The second-order valence-electron chi connectivity index (χ2n) is 9.94. The van der Waals surface area contributed by atoms with Gasteiger partial charge in [-0.25, -0.2) is 0 Å². The van der Waals surface area contributed by atoms with Crippen LogP contribution in [0, 0.1) is 0 Å². The van der Waals surface area contributed by atoms with Gasteiger partial charge in [0.15, 0.2) is 23.0 Å². The summed E-state index contributed by atoms with van der Waals surface area (Å²) in [5, 5.41) is 0. The summed E-state index contributed by atoms with van der Waals surface area (Å²) in [6.07, 6.45) is 3.98. The first-order valence-electron chi connectivity index (χ1n) is 12.8. The average Bonchev–Trinajstić information content (AvgIpc) is 3.02. The van der Waals surface area contributed by atoms with Crippen LogP contribution in [0.15, 0.2) is 24.3 Å². The van der Waals surface area contributed by atoms with Gasteiger partial charge in [-0.2, -0.15) is 8.42 Å². The lowest BCUT2D eigenvalue weighted by Crippen LogP contribution is -2.36. The van der Waals surface area contributed by atoms with Gasteiger partial charge in [-0.05, 0) is 79.4 Å². The van der Waals surface area contributed by atoms with Crippen molar-refractivity contribution in [2.24, 2.45) is 0 Å². The zero-order valence-electron chi connectivity index (χ0n) is 23.7. The first kappa shape index (κ1) is 30.5. The average molecular weight is 565 g/mol. The van der Waals surface area contributed by atoms with E-state index in [1.54, 1.807) is 28.4 Å². The lowest BCUT2D eigenvalue weighted by atomic mass is 9.77. The lowest BCUT2D eigenvalue weighted by Gasteiger charge is -2.34. The van der Waals surface area contributed by atoms with Gasteiger partial charge in [0.1, 0.15) is 0 Å². The van der Waals surface area contributed by atoms with Gasteiger partial charge < -0.3 is 28.7 Å². The highest BCUT2D eigenvalue weighted by atomic mass is 32.2. The minimum absolute atomic E-state index is 0.183. The molecule has 4 rings (SSSR count). The summed E-state index contributed by atoms with van der Waals surface area (Å²) in [7, 11) is 5.12. The Morgan fingerprint density at radius 2 is 1.44 bits per heavy atom. The Bertz CT molecular complexity index is 1260. The molecule has 10 nitrogen and oxygen atoms in total. The molecule has 0 aromatic heterocycles. The number of methoxy groups -OCH3 is 4. The molecule has 0 bridgehead atoms. The van der Waals surface area contributed by atoms with E-state index in [1.807, 2.05) is 17.0 Å². The quantitative estimate of drug-likeness (QED) is 0.435. The molecule has 0 spiro atoms. The SMILES string of the molecule is COc1cc2c(cc1OC)CC(=O)N(CCCN(C)C[C@H]1Cc3cc(OC)c(OC)cc31)CC2.CS(=O)(=O)O. The van der Waals surface area contributed by atoms with Gasteiger partial charge in [-0.1, -0.05) is 0 Å². The van der Waals surface area contributed by atoms with E-state index >= 15 is 0 Å². The maximum Gasteiger partial charge on any atom is 0.261 e. The normalized spacial score (nSPS) is 16.3. The number of likely N-dealkylation sites (N-methyl/N-ethyl adjacent to an activating group) is 1. The van der Waals surface area contributed by atoms with E-state index in [4.69, 9.17) is 23.5 Å². The Morgan fingerprint density at radius 3 is 2.00 bits per heavy atom. The molecular weight excluding hydrogens is 524 g/mol. The van der Waals surface area contributed by atoms with Gasteiger partial charge >= 0.3 is 0 Å². The number of nitrogens with zero attached hydrogens (tertiary/aromatic N) is 2. The van der Waals surface area contributed by atoms with Crippen molar-refractivity contribution in [3.8, 4) is 23.0 Å². The van der Waals surface area contributed by atoms with Crippen LogP contribution in [-0.2, 0) is 34.2 Å². The van der Waals surface area contributed by atoms with Crippen molar-refractivity contribution in [3.05, 3.63) is 46.5 Å². The zero-order chi connectivity index (χ0) is 28.7. The van der Waals surface area contributed by atoms with Crippen molar-refractivity contribution in [2.75, 3.05) is 67.9 Å². The molecule has 1 amide bonds. The lowest BCUT2D eigenvalue weighted by molar-refractivity contribution is -0.130. The van der Waals surface area contributed by atoms with Crippen LogP contribution in [0.2, 0.25) is 0 Å². The Balaban J connectivity index is 0.000000771. The molecule has 0 unspecified atom stereocenters. The fraction of sp³-hybridized carbons (Fsp3) is 0.536. The topological polar surface area (TPSA) is 115 Å². The van der Waals surface area contributed by atoms with Gasteiger partial charge in [0.2, 0.25) is 5.91 Å². The molecule has 2 aliphatic rings. The molecule has 2 aromatic carbocycles. The van der Waals surface area contributed by atoms with Gasteiger partial charge in [-0.3, -0.25) is 9.35 Å². The molecule has 0 saturated carbocycles. The van der Waals surface area contributed by atoms with Crippen LogP contribution in [-0.4, -0.2) is 96.6 Å². The first-order chi connectivity index (χ1) is 18.5. The number of benzene rings is 2. The maximum absolute atomic E-state index is 12.9. The highest BCUT2D eigenvalue weighted by Crippen LogP contribution is 2.42. The number of hydrogen-bond donors (Lipinski definition) is 1. The number of hydrogen-bond acceptors (Lipinski definition) is 8. The van der Waals surface area contributed by atoms with E-state index in [1.165, 1.54) is 16.7 Å². The van der Waals surface area contributed by atoms with Crippen molar-refractivity contribution in [1.29, 1.82) is 0 Å². The molecule has 1 N–H and O–H groups in total. The third-order valence-corrected chi connectivity index (χ3v) is 7.10. The first-order valence-corrected chi connectivity index (χ1v) is 14.7. The predicted molar refractivity (Wildman–Crippen MR) is 149 cm³/mol. The number of rotatable bonds is 10. The molecule has 0 radical (unpaired) electrons. The molecule has 39 heavy (non-hydrogen) atoms. The number of amides is 1. The Morgan fingerprint density at radius 1 is 0.923 bits per heavy atom. The molecule has 1 heterocycles. The van der Waals surface area contributed by atoms with Crippen LogP contribution in [0.3, 0.4) is 0 Å². The van der Waals surface area contributed by atoms with Gasteiger partial charge in [0.25, 0.3) is 10.1 Å². The van der Waals surface area contributed by atoms with E-state index in [-0.39, 0.29) is 5.91 Å². The summed E-state index contributed by atoms with van der Waals surface area (Å²) >= 11 is 0. The summed E-state index contributed by atoms with van der Waals surface area (Å²) < 4.78 is 47.6. The smallest absolute Gasteiger partial charge is 0.261 e. The van der Waals surface area contributed by atoms with Crippen molar-refractivity contribution in [3.63, 3.8) is 0 Å². The van der Waals surface area contributed by atoms with E-state index < -0.39 is 10.1 Å². The molecule has 216 valence electrons. The Hall–Kier alpha value is -3.02. The zero-order valence-corrected chi connectivity index (χ0v) is 24.5. The molecule has 0 saturated heterocycles. The van der Waals surface area contributed by atoms with Gasteiger partial charge in [0, 0.05) is 25.6 Å². The minimum Gasteiger partial charge on any atom is -0.493 e. The fourth-order valence-electron chi connectivity index (χ4n) is 5.15. The Labute approximate surface area is 231 Å². The molecule has 1 atom stereocenters. The maximum atomic E-state index is 12.9. The highest BCUT2D eigenvalue weighted by molar-refractivity contribution is 7.85. The number of carbonyl (C=O) groups is 1. The molecule has 11 heteroatoms. The third kappa shape index (κ3) is 8.23. The summed E-state index contributed by atoms with van der Waals surface area (Å²) in [5.41, 5.74) is 4.91. The number of fused-ring (bicyclic) bond motifs is 2. The molecule has 2 aromatic rings. The van der Waals surface area contributed by atoms with Crippen molar-refractivity contribution in [2.45, 2.75) is 31.6 Å². The van der Waals surface area contributed by atoms with Crippen molar-refractivity contribution < 1.29 is 36.7 Å². The van der Waals surface area contributed by atoms with Crippen molar-refractivity contribution in [1.82, 2.24) is 9.80 Å². The summed E-state index contributed by atoms with van der Waals surface area (Å²) in [6.45, 7) is 3.47. The standard InChI is InChI=1S/C27H36N2O5.CH4O3S/c1-28(17-21-11-20-14-25(33-4)26(34-5)16-22(20)21)8-6-9-29-10-7-18-12-23(31-2)24(32-3)13-19(18)15-27(29)30;1-5(2,3)4/h12-14,16,21H,6-11,15,17H2,1-5H3;1H3,(H,2,3,4)/t21-;/m1./s1. The van der Waals surface area contributed by atoms with Crippen LogP contribution < -0.4 is 18.9 Å². The molecular formula is C28H40N2O8S. The van der Waals surface area contributed by atoms with E-state index in [0.29, 0.717) is 24.3 Å². The summed E-state index contributed by atoms with van der Waals surface area (Å²) in [5.74, 6) is 3.69. The van der Waals surface area contributed by atoms with E-state index in [9.17, 15) is 13.2 Å². The van der Waals surface area contributed by atoms with Gasteiger partial charge in [-0.15, -0.1) is 0 Å². The second kappa shape index (κ2) is 13.4. The summed E-state index contributed by atoms with van der Waals surface area (Å²) in [4.78, 5) is 17.3. The molecule has 1 aliphatic heterocycles. The largest absolute Gasteiger partial charge is 0.493 e. The number of carbonyl (C=O) groups excluding carboxylic acids is 1. The molecule has 1 aliphatic carbocycles. The fourth-order valence-corrected chi connectivity index (χ4v) is 5.15. The second-order valence-corrected chi connectivity index (χ2v) is 11.4. The van der Waals surface area contributed by atoms with Crippen molar-refractivity contribution >= 4 is 16.0 Å². The van der Waals surface area contributed by atoms with Crippen LogP contribution in [0.5, 0.6) is 23.0 Å². The van der Waals surface area contributed by atoms with Gasteiger partial charge in [0.05, 0.1) is 41.1 Å². The van der Waals surface area contributed by atoms with E-state index in [2.05, 4.69) is 24.1 Å². The third-order valence-electron chi connectivity index (χ3n) is 7.10. The van der Waals surface area contributed by atoms with Crippen LogP contribution >= 0.6 is 0 Å². The van der Waals surface area contributed by atoms with Crippen LogP contribution in [0.1, 0.15) is 34.6 Å². The Kier molecular flexibility index (Phi) is 10.5. The predicted octanol–water partition coefficient (Wildman–Crippen LogP) is 2.81. The van der Waals surface area contributed by atoms with Crippen LogP contribution in [0.4, 0.5) is 0 Å². The summed E-state index contributed by atoms with van der Waals surface area (Å²) in [6, 6.07) is 8.18. The molecule has 0 fully saturated rings.